The summed E-state index contributed by atoms with van der Waals surface area (Å²) >= 11 is 5.87. The van der Waals surface area contributed by atoms with Gasteiger partial charge in [0, 0.05) is 30.2 Å². The molecular weight excluding hydrogens is 222 g/mol. The van der Waals surface area contributed by atoms with Crippen LogP contribution in [0.5, 0.6) is 0 Å². The Labute approximate surface area is 102 Å². The van der Waals surface area contributed by atoms with E-state index >= 15 is 0 Å². The average Bonchev–Trinajstić information content (AvgIpc) is 2.12. The van der Waals surface area contributed by atoms with Crippen LogP contribution in [-0.4, -0.2) is 28.4 Å². The smallest absolute Gasteiger partial charge is 0.132 e. The summed E-state index contributed by atoms with van der Waals surface area (Å²) in [5, 5.41) is 0. The molecule has 0 N–H and O–H groups in total. The fraction of sp³-hybridized carbons (Fsp3) is 0.667. The first-order chi connectivity index (χ1) is 7.70. The second-order valence-electron chi connectivity index (χ2n) is 4.38. The van der Waals surface area contributed by atoms with Crippen molar-refractivity contribution in [2.24, 2.45) is 0 Å². The molecule has 0 atom stereocenters. The van der Waals surface area contributed by atoms with Crippen molar-refractivity contribution < 1.29 is 0 Å². The van der Waals surface area contributed by atoms with Gasteiger partial charge in [-0.05, 0) is 33.1 Å². The van der Waals surface area contributed by atoms with Gasteiger partial charge in [0.1, 0.15) is 11.6 Å². The van der Waals surface area contributed by atoms with Crippen LogP contribution in [0.4, 0.5) is 5.82 Å². The van der Waals surface area contributed by atoms with Crippen molar-refractivity contribution in [3.8, 4) is 0 Å². The van der Waals surface area contributed by atoms with Crippen LogP contribution in [0.1, 0.15) is 30.8 Å². The molecule has 0 unspecified atom stereocenters. The van der Waals surface area contributed by atoms with Crippen LogP contribution in [0.2, 0.25) is 0 Å². The molecule has 0 aliphatic heterocycles. The first-order valence-corrected chi connectivity index (χ1v) is 6.39. The summed E-state index contributed by atoms with van der Waals surface area (Å²) < 4.78 is 0. The molecule has 1 aromatic rings. The fourth-order valence-electron chi connectivity index (χ4n) is 2.12. The summed E-state index contributed by atoms with van der Waals surface area (Å²) in [5.41, 5.74) is 1.03. The Hall–Kier alpha value is -0.830. The Morgan fingerprint density at radius 2 is 2.12 bits per heavy atom. The minimum absolute atomic E-state index is 0.632. The van der Waals surface area contributed by atoms with E-state index in [0.717, 1.165) is 23.9 Å². The van der Waals surface area contributed by atoms with Crippen LogP contribution in [0, 0.1) is 13.8 Å². The van der Waals surface area contributed by atoms with E-state index in [1.54, 1.807) is 0 Å². The van der Waals surface area contributed by atoms with Crippen molar-refractivity contribution in [2.75, 3.05) is 17.3 Å². The van der Waals surface area contributed by atoms with E-state index in [9.17, 15) is 0 Å². The number of alkyl halides is 1. The van der Waals surface area contributed by atoms with Gasteiger partial charge in [0.15, 0.2) is 0 Å². The lowest BCUT2D eigenvalue weighted by atomic mass is 9.91. The molecule has 1 fully saturated rings. The van der Waals surface area contributed by atoms with Crippen LogP contribution >= 0.6 is 11.6 Å². The highest BCUT2D eigenvalue weighted by atomic mass is 35.5. The number of halogens is 1. The topological polar surface area (TPSA) is 29.0 Å². The number of aryl methyl sites for hydroxylation is 2. The van der Waals surface area contributed by atoms with Gasteiger partial charge in [-0.15, -0.1) is 11.6 Å². The Morgan fingerprint density at radius 3 is 2.62 bits per heavy atom. The van der Waals surface area contributed by atoms with Crippen molar-refractivity contribution in [2.45, 2.75) is 39.2 Å². The van der Waals surface area contributed by atoms with Gasteiger partial charge >= 0.3 is 0 Å². The van der Waals surface area contributed by atoms with E-state index in [2.05, 4.69) is 20.9 Å². The largest absolute Gasteiger partial charge is 0.352 e. The third-order valence-corrected chi connectivity index (χ3v) is 3.26. The number of hydrogen-bond donors (Lipinski definition) is 0. The van der Waals surface area contributed by atoms with E-state index in [1.807, 2.05) is 13.8 Å². The lowest BCUT2D eigenvalue weighted by molar-refractivity contribution is 0.388. The molecule has 1 saturated carbocycles. The zero-order chi connectivity index (χ0) is 11.5. The lowest BCUT2D eigenvalue weighted by Gasteiger charge is -2.38. The van der Waals surface area contributed by atoms with Crippen LogP contribution in [0.3, 0.4) is 0 Å². The van der Waals surface area contributed by atoms with Crippen molar-refractivity contribution in [1.29, 1.82) is 0 Å². The molecule has 1 aliphatic carbocycles. The molecule has 1 aromatic heterocycles. The van der Waals surface area contributed by atoms with Crippen LogP contribution in [0.25, 0.3) is 0 Å². The van der Waals surface area contributed by atoms with Gasteiger partial charge < -0.3 is 4.90 Å². The van der Waals surface area contributed by atoms with Gasteiger partial charge in [-0.25, -0.2) is 9.97 Å². The Bertz CT molecular complexity index is 343. The van der Waals surface area contributed by atoms with Crippen LogP contribution < -0.4 is 4.90 Å². The van der Waals surface area contributed by atoms with Crippen molar-refractivity contribution in [3.05, 3.63) is 17.6 Å². The van der Waals surface area contributed by atoms with Gasteiger partial charge in [-0.2, -0.15) is 0 Å². The SMILES string of the molecule is Cc1cc(N(CCCl)C2CCC2)nc(C)n1. The zero-order valence-corrected chi connectivity index (χ0v) is 10.7. The quantitative estimate of drug-likeness (QED) is 0.757. The molecular formula is C12H18ClN3. The van der Waals surface area contributed by atoms with Gasteiger partial charge in [0.2, 0.25) is 0 Å². The van der Waals surface area contributed by atoms with Crippen LogP contribution in [0.15, 0.2) is 6.07 Å². The maximum absolute atomic E-state index is 5.87. The Kier molecular flexibility index (Phi) is 3.64. The predicted octanol–water partition coefficient (Wildman–Crippen LogP) is 2.69. The molecule has 0 spiro atoms. The third kappa shape index (κ3) is 2.46. The highest BCUT2D eigenvalue weighted by Crippen LogP contribution is 2.28. The second kappa shape index (κ2) is 5.00. The second-order valence-corrected chi connectivity index (χ2v) is 4.76. The zero-order valence-electron chi connectivity index (χ0n) is 9.91. The number of hydrogen-bond acceptors (Lipinski definition) is 3. The molecule has 4 heteroatoms. The maximum atomic E-state index is 5.87. The number of rotatable bonds is 4. The summed E-state index contributed by atoms with van der Waals surface area (Å²) in [6, 6.07) is 2.69. The monoisotopic (exact) mass is 239 g/mol. The van der Waals surface area contributed by atoms with Gasteiger partial charge in [0.25, 0.3) is 0 Å². The highest BCUT2D eigenvalue weighted by Gasteiger charge is 2.25. The van der Waals surface area contributed by atoms with Crippen molar-refractivity contribution in [1.82, 2.24) is 9.97 Å². The molecule has 0 saturated heterocycles. The normalized spacial score (nSPS) is 15.9. The van der Waals surface area contributed by atoms with Crippen LogP contribution in [-0.2, 0) is 0 Å². The van der Waals surface area contributed by atoms with E-state index in [0.29, 0.717) is 11.9 Å². The summed E-state index contributed by atoms with van der Waals surface area (Å²) in [4.78, 5) is 11.2. The molecule has 88 valence electrons. The van der Waals surface area contributed by atoms with Crippen molar-refractivity contribution >= 4 is 17.4 Å². The van der Waals surface area contributed by atoms with Gasteiger partial charge in [-0.1, -0.05) is 0 Å². The Balaban J connectivity index is 2.22. The van der Waals surface area contributed by atoms with Gasteiger partial charge in [-0.3, -0.25) is 0 Å². The number of aromatic nitrogens is 2. The summed E-state index contributed by atoms with van der Waals surface area (Å²) in [6.07, 6.45) is 3.85. The molecule has 0 amide bonds. The maximum Gasteiger partial charge on any atom is 0.132 e. The van der Waals surface area contributed by atoms with E-state index in [1.165, 1.54) is 19.3 Å². The van der Waals surface area contributed by atoms with Crippen molar-refractivity contribution in [3.63, 3.8) is 0 Å². The first-order valence-electron chi connectivity index (χ1n) is 5.85. The number of anilines is 1. The fourth-order valence-corrected chi connectivity index (χ4v) is 2.30. The lowest BCUT2D eigenvalue weighted by Crippen LogP contribution is -2.42. The van der Waals surface area contributed by atoms with E-state index in [4.69, 9.17) is 11.6 Å². The standard InChI is InChI=1S/C12H18ClN3/c1-9-8-12(15-10(2)14-9)16(7-6-13)11-4-3-5-11/h8,11H,3-7H2,1-2H3. The first kappa shape index (κ1) is 11.6. The molecule has 0 radical (unpaired) electrons. The van der Waals surface area contributed by atoms with E-state index < -0.39 is 0 Å². The Morgan fingerprint density at radius 1 is 1.38 bits per heavy atom. The molecule has 16 heavy (non-hydrogen) atoms. The van der Waals surface area contributed by atoms with E-state index in [-0.39, 0.29) is 0 Å². The molecule has 1 heterocycles. The molecule has 1 aliphatic rings. The third-order valence-electron chi connectivity index (χ3n) is 3.09. The molecule has 2 rings (SSSR count). The molecule has 3 nitrogen and oxygen atoms in total. The minimum atomic E-state index is 0.632. The highest BCUT2D eigenvalue weighted by molar-refractivity contribution is 6.18. The molecule has 0 aromatic carbocycles. The number of nitrogens with zero attached hydrogens (tertiary/aromatic N) is 3. The summed E-state index contributed by atoms with van der Waals surface area (Å²) in [6.45, 7) is 4.83. The van der Waals surface area contributed by atoms with Gasteiger partial charge in [0.05, 0.1) is 0 Å². The summed E-state index contributed by atoms with van der Waals surface area (Å²) in [5.74, 6) is 2.53. The average molecular weight is 240 g/mol. The summed E-state index contributed by atoms with van der Waals surface area (Å²) in [7, 11) is 0. The molecule has 0 bridgehead atoms. The minimum Gasteiger partial charge on any atom is -0.352 e. The predicted molar refractivity (Wildman–Crippen MR) is 67.2 cm³/mol.